The van der Waals surface area contributed by atoms with E-state index in [0.29, 0.717) is 12.5 Å². The predicted octanol–water partition coefficient (Wildman–Crippen LogP) is 2.56. The minimum Gasteiger partial charge on any atom is -0.484 e. The Kier molecular flexibility index (Phi) is 2.49. The number of ether oxygens (including phenoxy) is 1. The van der Waals surface area contributed by atoms with Crippen molar-refractivity contribution in [3.63, 3.8) is 0 Å². The Balaban J connectivity index is 1.98. The van der Waals surface area contributed by atoms with Crippen molar-refractivity contribution in [3.8, 4) is 5.75 Å². The minimum atomic E-state index is 0.371. The Hall–Kier alpha value is -1.77. The molecule has 0 spiro atoms. The predicted molar refractivity (Wildman–Crippen MR) is 52.0 cm³/mol. The zero-order valence-electron chi connectivity index (χ0n) is 7.93. The Labute approximate surface area is 82.3 Å². The largest absolute Gasteiger partial charge is 0.484 e. The second kappa shape index (κ2) is 3.96. The van der Waals surface area contributed by atoms with Crippen LogP contribution in [0, 0.1) is 6.92 Å². The summed E-state index contributed by atoms with van der Waals surface area (Å²) in [5.74, 6) is 1.43. The van der Waals surface area contributed by atoms with E-state index in [2.05, 4.69) is 4.98 Å². The molecule has 14 heavy (non-hydrogen) atoms. The van der Waals surface area contributed by atoms with Crippen molar-refractivity contribution >= 4 is 0 Å². The van der Waals surface area contributed by atoms with Crippen molar-refractivity contribution in [2.45, 2.75) is 13.5 Å². The van der Waals surface area contributed by atoms with Gasteiger partial charge in [-0.1, -0.05) is 12.1 Å². The highest BCUT2D eigenvalue weighted by atomic mass is 16.5. The van der Waals surface area contributed by atoms with E-state index >= 15 is 0 Å². The Morgan fingerprint density at radius 2 is 2.36 bits per heavy atom. The van der Waals surface area contributed by atoms with Gasteiger partial charge in [0.2, 0.25) is 5.89 Å². The second-order valence-electron chi connectivity index (χ2n) is 3.03. The Morgan fingerprint density at radius 1 is 1.43 bits per heavy atom. The van der Waals surface area contributed by atoms with Crippen molar-refractivity contribution in [2.75, 3.05) is 0 Å². The molecule has 0 atom stereocenters. The topological polar surface area (TPSA) is 35.3 Å². The van der Waals surface area contributed by atoms with Crippen LogP contribution < -0.4 is 4.74 Å². The van der Waals surface area contributed by atoms with Gasteiger partial charge in [0.15, 0.2) is 6.61 Å². The van der Waals surface area contributed by atoms with Crippen molar-refractivity contribution < 1.29 is 9.15 Å². The van der Waals surface area contributed by atoms with Crippen LogP contribution >= 0.6 is 0 Å². The number of aromatic nitrogens is 1. The third-order valence-corrected chi connectivity index (χ3v) is 1.84. The summed E-state index contributed by atoms with van der Waals surface area (Å²) in [6, 6.07) is 7.87. The fraction of sp³-hybridized carbons (Fsp3) is 0.182. The summed E-state index contributed by atoms with van der Waals surface area (Å²) < 4.78 is 10.5. The van der Waals surface area contributed by atoms with E-state index in [-0.39, 0.29) is 0 Å². The smallest absolute Gasteiger partial charge is 0.232 e. The summed E-state index contributed by atoms with van der Waals surface area (Å²) in [5.41, 5.74) is 1.18. The van der Waals surface area contributed by atoms with Crippen LogP contribution in [0.3, 0.4) is 0 Å². The quantitative estimate of drug-likeness (QED) is 0.744. The molecule has 0 bridgehead atoms. The third-order valence-electron chi connectivity index (χ3n) is 1.84. The molecule has 0 amide bonds. The summed E-state index contributed by atoms with van der Waals surface area (Å²) >= 11 is 0. The van der Waals surface area contributed by atoms with E-state index < -0.39 is 0 Å². The van der Waals surface area contributed by atoms with E-state index in [1.165, 1.54) is 11.8 Å². The van der Waals surface area contributed by atoms with Crippen LogP contribution in [-0.4, -0.2) is 4.98 Å². The van der Waals surface area contributed by atoms with Gasteiger partial charge in [0.25, 0.3) is 0 Å². The summed E-state index contributed by atoms with van der Waals surface area (Å²) in [7, 11) is 0. The number of aryl methyl sites for hydroxylation is 1. The maximum Gasteiger partial charge on any atom is 0.232 e. The van der Waals surface area contributed by atoms with Crippen LogP contribution in [0.5, 0.6) is 5.75 Å². The summed E-state index contributed by atoms with van der Waals surface area (Å²) in [6.45, 7) is 2.40. The number of rotatable bonds is 3. The second-order valence-corrected chi connectivity index (χ2v) is 3.03. The first-order valence-electron chi connectivity index (χ1n) is 4.42. The molecule has 0 aliphatic rings. The molecule has 0 unspecified atom stereocenters. The average molecular weight is 189 g/mol. The molecule has 2 rings (SSSR count). The SMILES string of the molecule is Cc1cccc(OCc2ncco2)c1. The summed E-state index contributed by atoms with van der Waals surface area (Å²) in [4.78, 5) is 3.96. The van der Waals surface area contributed by atoms with Crippen LogP contribution in [0.15, 0.2) is 41.1 Å². The normalized spacial score (nSPS) is 10.1. The Morgan fingerprint density at radius 3 is 3.07 bits per heavy atom. The number of nitrogens with zero attached hydrogens (tertiary/aromatic N) is 1. The molecule has 0 saturated carbocycles. The van der Waals surface area contributed by atoms with Crippen LogP contribution in [0.4, 0.5) is 0 Å². The van der Waals surface area contributed by atoms with Gasteiger partial charge in [-0.15, -0.1) is 0 Å². The van der Waals surface area contributed by atoms with Gasteiger partial charge in [0, 0.05) is 0 Å². The van der Waals surface area contributed by atoms with Gasteiger partial charge in [-0.2, -0.15) is 0 Å². The number of hydrogen-bond acceptors (Lipinski definition) is 3. The van der Waals surface area contributed by atoms with E-state index in [4.69, 9.17) is 9.15 Å². The highest BCUT2D eigenvalue weighted by molar-refractivity contribution is 5.27. The minimum absolute atomic E-state index is 0.371. The average Bonchev–Trinajstić information content (AvgIpc) is 2.67. The van der Waals surface area contributed by atoms with Crippen molar-refractivity contribution in [3.05, 3.63) is 48.2 Å². The molecule has 0 aliphatic carbocycles. The van der Waals surface area contributed by atoms with Gasteiger partial charge in [-0.25, -0.2) is 4.98 Å². The number of benzene rings is 1. The third kappa shape index (κ3) is 2.13. The van der Waals surface area contributed by atoms with Crippen LogP contribution in [0.1, 0.15) is 11.5 Å². The molecule has 3 heteroatoms. The lowest BCUT2D eigenvalue weighted by molar-refractivity contribution is 0.263. The van der Waals surface area contributed by atoms with E-state index in [0.717, 1.165) is 5.75 Å². The fourth-order valence-electron chi connectivity index (χ4n) is 1.17. The van der Waals surface area contributed by atoms with Gasteiger partial charge in [-0.05, 0) is 24.6 Å². The molecule has 72 valence electrons. The monoisotopic (exact) mass is 189 g/mol. The molecular weight excluding hydrogens is 178 g/mol. The zero-order chi connectivity index (χ0) is 9.80. The summed E-state index contributed by atoms with van der Waals surface area (Å²) in [5, 5.41) is 0. The number of oxazole rings is 1. The molecule has 3 nitrogen and oxygen atoms in total. The first-order chi connectivity index (χ1) is 6.84. The van der Waals surface area contributed by atoms with Gasteiger partial charge < -0.3 is 9.15 Å². The molecular formula is C11H11NO2. The maximum absolute atomic E-state index is 5.47. The van der Waals surface area contributed by atoms with Gasteiger partial charge >= 0.3 is 0 Å². The zero-order valence-corrected chi connectivity index (χ0v) is 7.93. The lowest BCUT2D eigenvalue weighted by atomic mass is 10.2. The highest BCUT2D eigenvalue weighted by Gasteiger charge is 1.98. The molecule has 0 fully saturated rings. The highest BCUT2D eigenvalue weighted by Crippen LogP contribution is 2.13. The molecule has 0 saturated heterocycles. The van der Waals surface area contributed by atoms with E-state index in [1.54, 1.807) is 6.20 Å². The van der Waals surface area contributed by atoms with Crippen LogP contribution in [0.2, 0.25) is 0 Å². The molecule has 0 N–H and O–H groups in total. The summed E-state index contributed by atoms with van der Waals surface area (Å²) in [6.07, 6.45) is 3.14. The van der Waals surface area contributed by atoms with Crippen molar-refractivity contribution in [1.82, 2.24) is 4.98 Å². The van der Waals surface area contributed by atoms with Crippen molar-refractivity contribution in [2.24, 2.45) is 0 Å². The molecule has 1 aromatic heterocycles. The Bertz CT molecular complexity index is 395. The molecule has 1 aromatic carbocycles. The number of hydrogen-bond donors (Lipinski definition) is 0. The van der Waals surface area contributed by atoms with Crippen LogP contribution in [0.25, 0.3) is 0 Å². The van der Waals surface area contributed by atoms with E-state index in [9.17, 15) is 0 Å². The lowest BCUT2D eigenvalue weighted by Crippen LogP contribution is -1.95. The molecule has 1 heterocycles. The lowest BCUT2D eigenvalue weighted by Gasteiger charge is -2.03. The standard InChI is InChI=1S/C11H11NO2/c1-9-3-2-4-10(7-9)14-8-11-12-5-6-13-11/h2-7H,8H2,1H3. The first-order valence-corrected chi connectivity index (χ1v) is 4.42. The van der Waals surface area contributed by atoms with E-state index in [1.807, 2.05) is 31.2 Å². The van der Waals surface area contributed by atoms with Gasteiger partial charge in [0.1, 0.15) is 12.0 Å². The molecule has 0 radical (unpaired) electrons. The molecule has 0 aliphatic heterocycles. The van der Waals surface area contributed by atoms with Gasteiger partial charge in [0.05, 0.1) is 6.20 Å². The fourth-order valence-corrected chi connectivity index (χ4v) is 1.17. The van der Waals surface area contributed by atoms with Crippen molar-refractivity contribution in [1.29, 1.82) is 0 Å². The molecule has 2 aromatic rings. The maximum atomic E-state index is 5.47. The van der Waals surface area contributed by atoms with Gasteiger partial charge in [-0.3, -0.25) is 0 Å². The van der Waals surface area contributed by atoms with Crippen LogP contribution in [-0.2, 0) is 6.61 Å². The first kappa shape index (κ1) is 8.81.